The Morgan fingerprint density at radius 2 is 1.71 bits per heavy atom. The monoisotopic (exact) mass is 516 g/mol. The zero-order chi connectivity index (χ0) is 26.9. The number of nitrogens with zero attached hydrogens (tertiary/aromatic N) is 2. The van der Waals surface area contributed by atoms with Gasteiger partial charge in [-0.05, 0) is 105 Å². The second kappa shape index (κ2) is 13.6. The van der Waals surface area contributed by atoms with Gasteiger partial charge in [-0.1, -0.05) is 37.6 Å². The first kappa shape index (κ1) is 27.8. The highest BCUT2D eigenvalue weighted by molar-refractivity contribution is 5.60. The molecular weight excluding hydrogens is 472 g/mol. The van der Waals surface area contributed by atoms with Gasteiger partial charge in [-0.25, -0.2) is 0 Å². The van der Waals surface area contributed by atoms with Crippen LogP contribution in [-0.4, -0.2) is 50.4 Å². The summed E-state index contributed by atoms with van der Waals surface area (Å²) in [4.78, 5) is 4.78. The molecule has 0 aliphatic heterocycles. The zero-order valence-corrected chi connectivity index (χ0v) is 23.6. The number of likely N-dealkylation sites (N-methyl/N-ethyl adjacent to an activating group) is 1. The van der Waals surface area contributed by atoms with Crippen molar-refractivity contribution in [2.75, 3.05) is 45.3 Å². The fourth-order valence-corrected chi connectivity index (χ4v) is 5.41. The van der Waals surface area contributed by atoms with E-state index < -0.39 is 0 Å². The summed E-state index contributed by atoms with van der Waals surface area (Å²) in [6, 6.07) is 20.9. The molecule has 1 unspecified atom stereocenters. The summed E-state index contributed by atoms with van der Waals surface area (Å²) >= 11 is 0. The second-order valence-corrected chi connectivity index (χ2v) is 10.5. The lowest BCUT2D eigenvalue weighted by atomic mass is 9.79. The topological polar surface area (TPSA) is 45.2 Å². The predicted octanol–water partition coefficient (Wildman–Crippen LogP) is 6.81. The first-order valence-corrected chi connectivity index (χ1v) is 14.1. The number of hydrogen-bond acceptors (Lipinski definition) is 5. The van der Waals surface area contributed by atoms with Gasteiger partial charge in [-0.15, -0.1) is 0 Å². The number of aryl methyl sites for hydroxylation is 1. The van der Waals surface area contributed by atoms with Crippen LogP contribution in [0.25, 0.3) is 0 Å². The van der Waals surface area contributed by atoms with E-state index in [0.717, 1.165) is 56.9 Å². The first-order chi connectivity index (χ1) is 18.5. The van der Waals surface area contributed by atoms with Gasteiger partial charge >= 0.3 is 0 Å². The van der Waals surface area contributed by atoms with E-state index in [4.69, 9.17) is 9.47 Å². The van der Waals surface area contributed by atoms with Gasteiger partial charge in [0.2, 0.25) is 0 Å². The molecule has 0 saturated heterocycles. The minimum atomic E-state index is 0.361. The van der Waals surface area contributed by atoms with Crippen LogP contribution in [0.15, 0.2) is 60.7 Å². The largest absolute Gasteiger partial charge is 0.508 e. The highest BCUT2D eigenvalue weighted by Gasteiger charge is 2.24. The van der Waals surface area contributed by atoms with Crippen molar-refractivity contribution in [2.24, 2.45) is 0 Å². The SMILES string of the molecule is CCCCN(C)CCOc1ccc(CN(CC)c2cc(OC)ccc2C2CCc3cc(O)ccc3C2)cc1. The lowest BCUT2D eigenvalue weighted by Crippen LogP contribution is -2.25. The molecule has 5 heteroatoms. The Morgan fingerprint density at radius 1 is 0.921 bits per heavy atom. The van der Waals surface area contributed by atoms with Crippen molar-refractivity contribution in [3.05, 3.63) is 82.9 Å². The summed E-state index contributed by atoms with van der Waals surface area (Å²) in [5.74, 6) is 2.61. The van der Waals surface area contributed by atoms with Crippen molar-refractivity contribution in [2.45, 2.75) is 58.4 Å². The average Bonchev–Trinajstić information content (AvgIpc) is 2.95. The third-order valence-electron chi connectivity index (χ3n) is 7.75. The maximum atomic E-state index is 9.90. The van der Waals surface area contributed by atoms with Crippen molar-refractivity contribution in [3.63, 3.8) is 0 Å². The van der Waals surface area contributed by atoms with E-state index in [-0.39, 0.29) is 0 Å². The number of benzene rings is 3. The molecule has 0 radical (unpaired) electrons. The van der Waals surface area contributed by atoms with Gasteiger partial charge in [-0.3, -0.25) is 0 Å². The van der Waals surface area contributed by atoms with Crippen LogP contribution in [0.3, 0.4) is 0 Å². The van der Waals surface area contributed by atoms with Crippen LogP contribution in [0.1, 0.15) is 61.3 Å². The van der Waals surface area contributed by atoms with E-state index in [1.54, 1.807) is 7.11 Å². The molecule has 0 aromatic heterocycles. The maximum absolute atomic E-state index is 9.90. The van der Waals surface area contributed by atoms with Gasteiger partial charge in [0.25, 0.3) is 0 Å². The van der Waals surface area contributed by atoms with Crippen molar-refractivity contribution < 1.29 is 14.6 Å². The van der Waals surface area contributed by atoms with Crippen LogP contribution in [0.4, 0.5) is 5.69 Å². The number of aromatic hydroxyl groups is 1. The zero-order valence-electron chi connectivity index (χ0n) is 23.6. The van der Waals surface area contributed by atoms with Crippen LogP contribution >= 0.6 is 0 Å². The number of unbranched alkanes of at least 4 members (excludes halogenated alkanes) is 1. The molecule has 204 valence electrons. The van der Waals surface area contributed by atoms with Gasteiger partial charge < -0.3 is 24.4 Å². The molecule has 4 rings (SSSR count). The standard InChI is InChI=1S/C33H44N2O3/c1-5-7-18-34(3)19-20-38-30-14-8-25(9-15-30)24-35(6-2)33-23-31(37-4)16-17-32(33)28-11-10-27-22-29(36)13-12-26(27)21-28/h8-9,12-17,22-23,28,36H,5-7,10-11,18-21,24H2,1-4H3. The minimum absolute atomic E-state index is 0.361. The number of methoxy groups -OCH3 is 1. The molecule has 5 nitrogen and oxygen atoms in total. The van der Waals surface area contributed by atoms with Gasteiger partial charge in [0.15, 0.2) is 0 Å². The van der Waals surface area contributed by atoms with Gasteiger partial charge in [0, 0.05) is 31.4 Å². The molecule has 0 fully saturated rings. The number of fused-ring (bicyclic) bond motifs is 1. The molecule has 0 heterocycles. The average molecular weight is 517 g/mol. The highest BCUT2D eigenvalue weighted by Crippen LogP contribution is 2.40. The Kier molecular flexibility index (Phi) is 9.94. The van der Waals surface area contributed by atoms with Gasteiger partial charge in [0.1, 0.15) is 23.9 Å². The van der Waals surface area contributed by atoms with E-state index in [9.17, 15) is 5.11 Å². The Labute approximate surface area is 229 Å². The predicted molar refractivity (Wildman–Crippen MR) is 157 cm³/mol. The van der Waals surface area contributed by atoms with Crippen LogP contribution in [0.5, 0.6) is 17.2 Å². The summed E-state index contributed by atoms with van der Waals surface area (Å²) in [5, 5.41) is 9.90. The number of ether oxygens (including phenoxy) is 2. The Bertz CT molecular complexity index is 1160. The third kappa shape index (κ3) is 7.22. The number of anilines is 1. The molecule has 1 N–H and O–H groups in total. The lowest BCUT2D eigenvalue weighted by Gasteiger charge is -2.32. The van der Waals surface area contributed by atoms with Crippen LogP contribution in [0, 0.1) is 0 Å². The Hall–Kier alpha value is -3.18. The molecule has 0 spiro atoms. The maximum Gasteiger partial charge on any atom is 0.120 e. The van der Waals surface area contributed by atoms with E-state index in [1.165, 1.54) is 40.8 Å². The quantitative estimate of drug-likeness (QED) is 0.270. The third-order valence-corrected chi connectivity index (χ3v) is 7.75. The van der Waals surface area contributed by atoms with E-state index in [2.05, 4.69) is 79.2 Å². The van der Waals surface area contributed by atoms with Crippen LogP contribution in [-0.2, 0) is 19.4 Å². The fourth-order valence-electron chi connectivity index (χ4n) is 5.41. The fraction of sp³-hybridized carbons (Fsp3) is 0.455. The summed E-state index contributed by atoms with van der Waals surface area (Å²) in [6.07, 6.45) is 5.51. The van der Waals surface area contributed by atoms with E-state index >= 15 is 0 Å². The molecule has 0 bridgehead atoms. The number of phenolic OH excluding ortho intramolecular Hbond substituents is 1. The van der Waals surface area contributed by atoms with Gasteiger partial charge in [0.05, 0.1) is 7.11 Å². The molecule has 38 heavy (non-hydrogen) atoms. The van der Waals surface area contributed by atoms with E-state index in [0.29, 0.717) is 18.3 Å². The van der Waals surface area contributed by atoms with Crippen LogP contribution < -0.4 is 14.4 Å². The molecule has 1 atom stereocenters. The molecule has 0 amide bonds. The number of phenols is 1. The summed E-state index contributed by atoms with van der Waals surface area (Å²) in [5.41, 5.74) is 6.50. The molecule has 1 aliphatic rings. The van der Waals surface area contributed by atoms with Gasteiger partial charge in [-0.2, -0.15) is 0 Å². The first-order valence-electron chi connectivity index (χ1n) is 14.1. The second-order valence-electron chi connectivity index (χ2n) is 10.5. The molecule has 3 aromatic carbocycles. The summed E-state index contributed by atoms with van der Waals surface area (Å²) in [7, 11) is 3.89. The Balaban J connectivity index is 1.45. The van der Waals surface area contributed by atoms with E-state index in [1.807, 2.05) is 12.1 Å². The normalized spacial score (nSPS) is 14.8. The molecule has 3 aromatic rings. The molecule has 0 saturated carbocycles. The summed E-state index contributed by atoms with van der Waals surface area (Å²) in [6.45, 7) is 8.94. The minimum Gasteiger partial charge on any atom is -0.508 e. The van der Waals surface area contributed by atoms with Crippen molar-refractivity contribution in [1.29, 1.82) is 0 Å². The molecular formula is C33H44N2O3. The number of rotatable bonds is 13. The number of hydrogen-bond donors (Lipinski definition) is 1. The van der Waals surface area contributed by atoms with Crippen molar-refractivity contribution in [3.8, 4) is 17.2 Å². The lowest BCUT2D eigenvalue weighted by molar-refractivity contribution is 0.235. The van der Waals surface area contributed by atoms with Crippen molar-refractivity contribution >= 4 is 5.69 Å². The summed E-state index contributed by atoms with van der Waals surface area (Å²) < 4.78 is 11.6. The van der Waals surface area contributed by atoms with Crippen molar-refractivity contribution in [1.82, 2.24) is 4.90 Å². The Morgan fingerprint density at radius 3 is 2.45 bits per heavy atom. The molecule has 1 aliphatic carbocycles. The van der Waals surface area contributed by atoms with Crippen LogP contribution in [0.2, 0.25) is 0 Å². The highest BCUT2D eigenvalue weighted by atomic mass is 16.5. The smallest absolute Gasteiger partial charge is 0.120 e.